The number of amides is 3. The van der Waals surface area contributed by atoms with Crippen LogP contribution in [0.1, 0.15) is 23.1 Å². The second-order valence-corrected chi connectivity index (χ2v) is 12.0. The van der Waals surface area contributed by atoms with Crippen molar-refractivity contribution < 1.29 is 28.6 Å². The zero-order valence-electron chi connectivity index (χ0n) is 27.1. The number of benzene rings is 3. The minimum absolute atomic E-state index is 0.394. The molecular formula is C36H38N6O6. The van der Waals surface area contributed by atoms with E-state index in [1.807, 2.05) is 24.3 Å². The number of nitrogens with zero attached hydrogens (tertiary/aromatic N) is 3. The van der Waals surface area contributed by atoms with Crippen molar-refractivity contribution in [3.05, 3.63) is 95.8 Å². The molecule has 3 aromatic carbocycles. The van der Waals surface area contributed by atoms with Crippen LogP contribution in [0.25, 0.3) is 27.5 Å². The Hall–Kier alpha value is -5.65. The first-order chi connectivity index (χ1) is 23.4. The highest BCUT2D eigenvalue weighted by Gasteiger charge is 2.58. The van der Waals surface area contributed by atoms with Crippen molar-refractivity contribution >= 4 is 45.8 Å². The summed E-state index contributed by atoms with van der Waals surface area (Å²) in [4.78, 5) is 38.5. The van der Waals surface area contributed by atoms with Crippen LogP contribution in [0.3, 0.4) is 0 Å². The summed E-state index contributed by atoms with van der Waals surface area (Å²) >= 11 is 0. The van der Waals surface area contributed by atoms with Crippen molar-refractivity contribution in [3.63, 3.8) is 0 Å². The number of methoxy groups -OCH3 is 3. The SMILES string of the molecule is COC(=O)NCCc1cn(-c2cccc3c2N[C@H]2N(C(=O)OC)CC[C@@]32n2cc(CCNC(=O)OC)c3ccccc32)c2ccccc12. The van der Waals surface area contributed by atoms with E-state index in [1.165, 1.54) is 21.3 Å². The monoisotopic (exact) mass is 650 g/mol. The lowest BCUT2D eigenvalue weighted by Gasteiger charge is -2.34. The van der Waals surface area contributed by atoms with Crippen LogP contribution in [0.2, 0.25) is 0 Å². The summed E-state index contributed by atoms with van der Waals surface area (Å²) in [6.45, 7) is 1.36. The number of carbonyl (C=O) groups is 3. The zero-order chi connectivity index (χ0) is 33.4. The first-order valence-corrected chi connectivity index (χ1v) is 16.0. The summed E-state index contributed by atoms with van der Waals surface area (Å²) in [6.07, 6.45) is 4.42. The lowest BCUT2D eigenvalue weighted by Crippen LogP contribution is -2.49. The standard InChI is InChI=1S/C36H38N6O6/c1-46-33(43)37-18-15-23-21-41(28-12-6-4-9-25(23)28)30-14-8-11-27-31(30)39-32-36(27,17-20-40(32)35(45)48-3)42-22-24(16-19-38-34(44)47-2)26-10-5-7-13-29(26)42/h4-14,21-22,32,39H,15-20H2,1-3H3,(H,37,43)(H,38,44)/t32-,36+/m0/s1. The topological polar surface area (TPSA) is 128 Å². The molecule has 0 aliphatic carbocycles. The lowest BCUT2D eigenvalue weighted by molar-refractivity contribution is 0.116. The van der Waals surface area contributed by atoms with Crippen molar-refractivity contribution in [2.45, 2.75) is 31.0 Å². The van der Waals surface area contributed by atoms with Crippen molar-refractivity contribution in [2.75, 3.05) is 46.3 Å². The first kappa shape index (κ1) is 31.0. The predicted molar refractivity (Wildman–Crippen MR) is 182 cm³/mol. The van der Waals surface area contributed by atoms with E-state index < -0.39 is 30.0 Å². The van der Waals surface area contributed by atoms with Gasteiger partial charge in [0, 0.05) is 53.9 Å². The highest BCUT2D eigenvalue weighted by molar-refractivity contribution is 5.89. The third kappa shape index (κ3) is 4.95. The van der Waals surface area contributed by atoms with Crippen molar-refractivity contribution in [1.29, 1.82) is 0 Å². The number of anilines is 1. The van der Waals surface area contributed by atoms with Crippen LogP contribution >= 0.6 is 0 Å². The molecular weight excluding hydrogens is 612 g/mol. The third-order valence-corrected chi connectivity index (χ3v) is 9.67. The average molecular weight is 651 g/mol. The van der Waals surface area contributed by atoms with E-state index in [9.17, 15) is 14.4 Å². The molecule has 48 heavy (non-hydrogen) atoms. The maximum absolute atomic E-state index is 13.2. The molecule has 3 amide bonds. The number of para-hydroxylation sites is 3. The fourth-order valence-electron chi connectivity index (χ4n) is 7.55. The molecule has 5 aromatic rings. The van der Waals surface area contributed by atoms with Crippen molar-refractivity contribution in [3.8, 4) is 5.69 Å². The van der Waals surface area contributed by atoms with Gasteiger partial charge < -0.3 is 39.3 Å². The second-order valence-electron chi connectivity index (χ2n) is 12.0. The predicted octanol–water partition coefficient (Wildman–Crippen LogP) is 5.35. The Morgan fingerprint density at radius 2 is 1.42 bits per heavy atom. The molecule has 3 N–H and O–H groups in total. The normalized spacial score (nSPS) is 17.9. The Morgan fingerprint density at radius 3 is 2.08 bits per heavy atom. The zero-order valence-corrected chi connectivity index (χ0v) is 27.1. The smallest absolute Gasteiger partial charge is 0.411 e. The lowest BCUT2D eigenvalue weighted by atomic mass is 9.87. The van der Waals surface area contributed by atoms with Gasteiger partial charge in [-0.1, -0.05) is 48.5 Å². The van der Waals surface area contributed by atoms with Gasteiger partial charge in [-0.15, -0.1) is 0 Å². The van der Waals surface area contributed by atoms with E-state index in [-0.39, 0.29) is 0 Å². The molecule has 0 radical (unpaired) electrons. The molecule has 2 aromatic heterocycles. The maximum Gasteiger partial charge on any atom is 0.411 e. The molecule has 2 atom stereocenters. The number of rotatable bonds is 8. The number of likely N-dealkylation sites (tertiary alicyclic amines) is 1. The number of carbonyl (C=O) groups excluding carboxylic acids is 3. The van der Waals surface area contributed by atoms with Crippen molar-refractivity contribution in [2.24, 2.45) is 0 Å². The minimum Gasteiger partial charge on any atom is -0.453 e. The number of nitrogens with one attached hydrogen (secondary N) is 3. The Kier molecular flexibility index (Phi) is 8.07. The Labute approximate surface area is 277 Å². The van der Waals surface area contributed by atoms with Gasteiger partial charge in [-0.05, 0) is 48.6 Å². The highest BCUT2D eigenvalue weighted by atomic mass is 16.5. The number of hydrogen-bond donors (Lipinski definition) is 3. The average Bonchev–Trinajstić information content (AvgIpc) is 3.87. The third-order valence-electron chi connectivity index (χ3n) is 9.67. The van der Waals surface area contributed by atoms with Crippen LogP contribution in [0, 0.1) is 0 Å². The Bertz CT molecular complexity index is 2030. The largest absolute Gasteiger partial charge is 0.453 e. The highest BCUT2D eigenvalue weighted by Crippen LogP contribution is 2.53. The fraction of sp³-hybridized carbons (Fsp3) is 0.306. The molecule has 248 valence electrons. The molecule has 0 bridgehead atoms. The maximum atomic E-state index is 13.2. The number of aromatic nitrogens is 2. The van der Waals surface area contributed by atoms with E-state index in [1.54, 1.807) is 4.90 Å². The molecule has 1 fully saturated rings. The molecule has 2 aliphatic heterocycles. The fourth-order valence-corrected chi connectivity index (χ4v) is 7.55. The van der Waals surface area contributed by atoms with E-state index in [2.05, 4.69) is 79.9 Å². The van der Waals surface area contributed by atoms with Crippen LogP contribution < -0.4 is 16.0 Å². The molecule has 4 heterocycles. The van der Waals surface area contributed by atoms with Gasteiger partial charge in [0.15, 0.2) is 0 Å². The summed E-state index contributed by atoms with van der Waals surface area (Å²) in [5.74, 6) is 0. The van der Waals surface area contributed by atoms with E-state index in [4.69, 9.17) is 14.2 Å². The van der Waals surface area contributed by atoms with Gasteiger partial charge in [-0.3, -0.25) is 4.90 Å². The van der Waals surface area contributed by atoms with Crippen LogP contribution in [-0.2, 0) is 32.6 Å². The van der Waals surface area contributed by atoms with Gasteiger partial charge in [-0.25, -0.2) is 14.4 Å². The molecule has 2 aliphatic rings. The minimum atomic E-state index is -0.649. The van der Waals surface area contributed by atoms with E-state index >= 15 is 0 Å². The van der Waals surface area contributed by atoms with Gasteiger partial charge in [0.2, 0.25) is 0 Å². The Balaban J connectivity index is 1.36. The van der Waals surface area contributed by atoms with Crippen LogP contribution in [0.15, 0.2) is 79.1 Å². The number of ether oxygens (including phenoxy) is 3. The van der Waals surface area contributed by atoms with Gasteiger partial charge >= 0.3 is 18.3 Å². The number of fused-ring (bicyclic) bond motifs is 5. The summed E-state index contributed by atoms with van der Waals surface area (Å²) < 4.78 is 19.3. The molecule has 0 saturated carbocycles. The molecule has 12 nitrogen and oxygen atoms in total. The summed E-state index contributed by atoms with van der Waals surface area (Å²) in [7, 11) is 4.12. The first-order valence-electron chi connectivity index (χ1n) is 16.0. The molecule has 7 rings (SSSR count). The molecule has 0 unspecified atom stereocenters. The molecule has 1 saturated heterocycles. The van der Waals surface area contributed by atoms with Gasteiger partial charge in [0.25, 0.3) is 0 Å². The van der Waals surface area contributed by atoms with Crippen molar-refractivity contribution in [1.82, 2.24) is 24.7 Å². The summed E-state index contributed by atoms with van der Waals surface area (Å²) in [5, 5.41) is 11.5. The molecule has 12 heteroatoms. The quantitative estimate of drug-likeness (QED) is 0.193. The second kappa shape index (κ2) is 12.5. The van der Waals surface area contributed by atoms with Crippen LogP contribution in [0.4, 0.5) is 20.1 Å². The van der Waals surface area contributed by atoms with Crippen LogP contribution in [-0.4, -0.2) is 79.4 Å². The van der Waals surface area contributed by atoms with Gasteiger partial charge in [0.05, 0.1) is 38.2 Å². The summed E-state index contributed by atoms with van der Waals surface area (Å²) in [6, 6.07) is 22.8. The van der Waals surface area contributed by atoms with E-state index in [0.717, 1.165) is 49.9 Å². The van der Waals surface area contributed by atoms with E-state index in [0.29, 0.717) is 38.9 Å². The molecule has 0 spiro atoms. The summed E-state index contributed by atoms with van der Waals surface area (Å²) in [5.41, 5.74) is 6.55. The Morgan fingerprint density at radius 1 is 0.792 bits per heavy atom. The van der Waals surface area contributed by atoms with Gasteiger partial charge in [-0.2, -0.15) is 0 Å². The number of hydrogen-bond acceptors (Lipinski definition) is 7. The number of alkyl carbamates (subject to hydrolysis) is 2. The van der Waals surface area contributed by atoms with Crippen LogP contribution in [0.5, 0.6) is 0 Å². The van der Waals surface area contributed by atoms with Gasteiger partial charge in [0.1, 0.15) is 11.7 Å².